The average molecular weight is 350 g/mol. The Hall–Kier alpha value is -2.67. The van der Waals surface area contributed by atoms with E-state index in [-0.39, 0.29) is 11.3 Å². The zero-order chi connectivity index (χ0) is 17.2. The third kappa shape index (κ3) is 3.28. The van der Waals surface area contributed by atoms with E-state index in [0.717, 1.165) is 28.8 Å². The lowest BCUT2D eigenvalue weighted by Crippen LogP contribution is -2.18. The molecule has 0 bridgehead atoms. The number of H-pyrrole nitrogens is 1. The summed E-state index contributed by atoms with van der Waals surface area (Å²) in [6, 6.07) is 8.39. The van der Waals surface area contributed by atoms with E-state index in [1.54, 1.807) is 11.8 Å². The highest BCUT2D eigenvalue weighted by atomic mass is 32.2. The fraction of sp³-hybridized carbons (Fsp3) is 0.222. The Kier molecular flexibility index (Phi) is 4.23. The molecule has 0 saturated carbocycles. The zero-order valence-electron chi connectivity index (χ0n) is 13.8. The van der Waals surface area contributed by atoms with Crippen molar-refractivity contribution in [2.75, 3.05) is 0 Å². The quantitative estimate of drug-likeness (QED) is 0.755. The second-order valence-electron chi connectivity index (χ2n) is 6.03. The maximum atomic E-state index is 6.12. The predicted molar refractivity (Wildman–Crippen MR) is 100 cm³/mol. The molecule has 1 aliphatic rings. The molecule has 126 valence electrons. The Morgan fingerprint density at radius 1 is 1.16 bits per heavy atom. The van der Waals surface area contributed by atoms with Crippen molar-refractivity contribution in [3.63, 3.8) is 0 Å². The van der Waals surface area contributed by atoms with Crippen molar-refractivity contribution >= 4 is 16.9 Å². The van der Waals surface area contributed by atoms with E-state index >= 15 is 0 Å². The van der Waals surface area contributed by atoms with Crippen LogP contribution in [0.4, 0.5) is 0 Å². The number of hydrogen-bond acceptors (Lipinski definition) is 6. The van der Waals surface area contributed by atoms with Gasteiger partial charge in [-0.3, -0.25) is 10.1 Å². The van der Waals surface area contributed by atoms with Crippen molar-refractivity contribution in [2.24, 2.45) is 10.7 Å². The smallest absolute Gasteiger partial charge is 0.155 e. The second-order valence-corrected chi connectivity index (χ2v) is 7.25. The Morgan fingerprint density at radius 2 is 2.00 bits per heavy atom. The number of aromatic nitrogens is 4. The van der Waals surface area contributed by atoms with Gasteiger partial charge in [0.1, 0.15) is 6.33 Å². The number of nitrogens with one attached hydrogen (secondary N) is 1. The Labute approximate surface area is 150 Å². The summed E-state index contributed by atoms with van der Waals surface area (Å²) in [4.78, 5) is 12.9. The molecule has 3 heterocycles. The number of aromatic amines is 1. The molecule has 0 unspecified atom stereocenters. The highest BCUT2D eigenvalue weighted by Gasteiger charge is 2.27. The van der Waals surface area contributed by atoms with Crippen molar-refractivity contribution in [2.45, 2.75) is 24.6 Å². The van der Waals surface area contributed by atoms with Gasteiger partial charge in [0.25, 0.3) is 0 Å². The summed E-state index contributed by atoms with van der Waals surface area (Å²) in [5.74, 6) is 0. The van der Waals surface area contributed by atoms with Crippen LogP contribution in [0, 0.1) is 6.92 Å². The summed E-state index contributed by atoms with van der Waals surface area (Å²) in [6.45, 7) is 2.04. The van der Waals surface area contributed by atoms with Gasteiger partial charge < -0.3 is 5.73 Å². The lowest BCUT2D eigenvalue weighted by molar-refractivity contribution is 0.638. The number of amidine groups is 1. The number of nitrogens with zero attached hydrogens (tertiary/aromatic N) is 4. The normalized spacial score (nSPS) is 20.3. The molecule has 25 heavy (non-hydrogen) atoms. The molecule has 0 amide bonds. The minimum Gasteiger partial charge on any atom is -0.379 e. The molecular formula is C18H18N6S. The van der Waals surface area contributed by atoms with Crippen LogP contribution in [0.5, 0.6) is 0 Å². The lowest BCUT2D eigenvalue weighted by atomic mass is 9.96. The monoisotopic (exact) mass is 350 g/mol. The Morgan fingerprint density at radius 3 is 2.76 bits per heavy atom. The van der Waals surface area contributed by atoms with Gasteiger partial charge in [-0.2, -0.15) is 5.10 Å². The first-order chi connectivity index (χ1) is 12.2. The van der Waals surface area contributed by atoms with E-state index in [4.69, 9.17) is 5.73 Å². The molecule has 0 aliphatic carbocycles. The van der Waals surface area contributed by atoms with Crippen molar-refractivity contribution in [3.05, 3.63) is 66.0 Å². The number of thioether (sulfide) groups is 1. The van der Waals surface area contributed by atoms with Crippen LogP contribution in [0.25, 0.3) is 11.1 Å². The lowest BCUT2D eigenvalue weighted by Gasteiger charge is -2.26. The molecule has 0 radical (unpaired) electrons. The first-order valence-corrected chi connectivity index (χ1v) is 8.94. The minimum absolute atomic E-state index is 0.0325. The molecule has 1 aliphatic heterocycles. The summed E-state index contributed by atoms with van der Waals surface area (Å²) in [5.41, 5.74) is 11.6. The molecule has 4 rings (SSSR count). The highest BCUT2D eigenvalue weighted by Crippen LogP contribution is 2.43. The van der Waals surface area contributed by atoms with Crippen LogP contribution in [0.3, 0.4) is 0 Å². The molecule has 0 spiro atoms. The minimum atomic E-state index is 0.0325. The molecule has 7 heteroatoms. The number of benzene rings is 1. The van der Waals surface area contributed by atoms with Crippen molar-refractivity contribution in [1.29, 1.82) is 0 Å². The van der Waals surface area contributed by atoms with E-state index in [1.165, 1.54) is 11.9 Å². The van der Waals surface area contributed by atoms with Gasteiger partial charge in [-0.1, -0.05) is 30.0 Å². The standard InChI is InChI=1S/C18H18N6S/c1-11-15(9-22-24-11)17-6-16(23-18(19)25-17)13-4-2-3-12(5-13)14-7-20-10-21-8-14/h2-5,7-10,16-17H,6H2,1H3,(H2,19,23)(H,22,24)/t16-,17-/m0/s1. The van der Waals surface area contributed by atoms with Gasteiger partial charge in [-0.05, 0) is 30.5 Å². The molecule has 6 nitrogen and oxygen atoms in total. The molecule has 3 N–H and O–H groups in total. The van der Waals surface area contributed by atoms with E-state index < -0.39 is 0 Å². The van der Waals surface area contributed by atoms with Crippen LogP contribution in [0.1, 0.15) is 34.5 Å². The highest BCUT2D eigenvalue weighted by molar-refractivity contribution is 8.14. The Balaban J connectivity index is 1.65. The number of aryl methyl sites for hydroxylation is 1. The van der Waals surface area contributed by atoms with Crippen molar-refractivity contribution in [1.82, 2.24) is 20.2 Å². The fourth-order valence-corrected chi connectivity index (χ4v) is 4.22. The van der Waals surface area contributed by atoms with Gasteiger partial charge in [0.05, 0.1) is 12.2 Å². The summed E-state index contributed by atoms with van der Waals surface area (Å²) in [5, 5.41) is 8.02. The van der Waals surface area contributed by atoms with Crippen LogP contribution < -0.4 is 5.73 Å². The molecule has 2 aromatic heterocycles. The first-order valence-electron chi connectivity index (χ1n) is 8.06. The molecule has 1 aromatic carbocycles. The zero-order valence-corrected chi connectivity index (χ0v) is 14.6. The number of aliphatic imine (C=N–C) groups is 1. The third-order valence-electron chi connectivity index (χ3n) is 4.36. The largest absolute Gasteiger partial charge is 0.379 e. The van der Waals surface area contributed by atoms with Gasteiger partial charge in [-0.15, -0.1) is 0 Å². The van der Waals surface area contributed by atoms with Crippen molar-refractivity contribution < 1.29 is 0 Å². The number of nitrogens with two attached hydrogens (primary N) is 1. The SMILES string of the molecule is Cc1[nH]ncc1[C@@H]1C[C@@H](c2cccc(-c3cncnc3)c2)N=C(N)S1. The maximum absolute atomic E-state index is 6.12. The summed E-state index contributed by atoms with van der Waals surface area (Å²) in [7, 11) is 0. The summed E-state index contributed by atoms with van der Waals surface area (Å²) < 4.78 is 0. The van der Waals surface area contributed by atoms with Gasteiger partial charge in [0.15, 0.2) is 5.17 Å². The molecule has 2 atom stereocenters. The molecular weight excluding hydrogens is 332 g/mol. The van der Waals surface area contributed by atoms with Gasteiger partial charge in [0, 0.05) is 34.5 Å². The number of hydrogen-bond donors (Lipinski definition) is 2. The van der Waals surface area contributed by atoms with Crippen LogP contribution in [0.15, 0.2) is 54.2 Å². The van der Waals surface area contributed by atoms with E-state index in [0.29, 0.717) is 5.17 Å². The fourth-order valence-electron chi connectivity index (χ4n) is 3.09. The Bertz CT molecular complexity index is 905. The second kappa shape index (κ2) is 6.68. The third-order valence-corrected chi connectivity index (χ3v) is 5.44. The van der Waals surface area contributed by atoms with E-state index in [2.05, 4.69) is 43.4 Å². The predicted octanol–water partition coefficient (Wildman–Crippen LogP) is 3.41. The summed E-state index contributed by atoms with van der Waals surface area (Å²) in [6.07, 6.45) is 7.95. The number of rotatable bonds is 3. The molecule has 3 aromatic rings. The van der Waals surface area contributed by atoms with Crippen molar-refractivity contribution in [3.8, 4) is 11.1 Å². The van der Waals surface area contributed by atoms with Crippen LogP contribution in [-0.2, 0) is 0 Å². The average Bonchev–Trinajstić information content (AvgIpc) is 3.08. The van der Waals surface area contributed by atoms with Gasteiger partial charge in [-0.25, -0.2) is 9.97 Å². The van der Waals surface area contributed by atoms with Gasteiger partial charge in [0.2, 0.25) is 0 Å². The van der Waals surface area contributed by atoms with E-state index in [1.807, 2.05) is 31.6 Å². The molecule has 0 saturated heterocycles. The topological polar surface area (TPSA) is 92.8 Å². The van der Waals surface area contributed by atoms with Gasteiger partial charge >= 0.3 is 0 Å². The van der Waals surface area contributed by atoms with Crippen LogP contribution >= 0.6 is 11.8 Å². The summed E-state index contributed by atoms with van der Waals surface area (Å²) >= 11 is 1.61. The first kappa shape index (κ1) is 15.8. The van der Waals surface area contributed by atoms with Crippen LogP contribution in [-0.4, -0.2) is 25.3 Å². The molecule has 0 fully saturated rings. The van der Waals surface area contributed by atoms with E-state index in [9.17, 15) is 0 Å². The van der Waals surface area contributed by atoms with Crippen LogP contribution in [0.2, 0.25) is 0 Å². The maximum Gasteiger partial charge on any atom is 0.155 e.